The van der Waals surface area contributed by atoms with Gasteiger partial charge < -0.3 is 9.16 Å². The summed E-state index contributed by atoms with van der Waals surface area (Å²) in [4.78, 5) is 11.3. The highest BCUT2D eigenvalue weighted by atomic mass is 28.4. The molecular weight excluding hydrogens is 246 g/mol. The van der Waals surface area contributed by atoms with Crippen molar-refractivity contribution in [3.8, 4) is 6.07 Å². The first-order valence-electron chi connectivity index (χ1n) is 5.63. The summed E-state index contributed by atoms with van der Waals surface area (Å²) in [5.41, 5.74) is 1.22. The SMILES string of the molecule is COC(=O)c1ccc([C@@H](C#N)O[Si](C)(C)C)cc1. The number of rotatable bonds is 4. The van der Waals surface area contributed by atoms with Crippen molar-refractivity contribution in [3.63, 3.8) is 0 Å². The summed E-state index contributed by atoms with van der Waals surface area (Å²) in [5, 5.41) is 9.12. The van der Waals surface area contributed by atoms with Gasteiger partial charge in [-0.05, 0) is 37.3 Å². The lowest BCUT2D eigenvalue weighted by molar-refractivity contribution is 0.0600. The van der Waals surface area contributed by atoms with Gasteiger partial charge in [0.05, 0.1) is 18.7 Å². The summed E-state index contributed by atoms with van der Waals surface area (Å²) in [5.74, 6) is -0.388. The van der Waals surface area contributed by atoms with Crippen LogP contribution in [0.15, 0.2) is 24.3 Å². The molecule has 0 unspecified atom stereocenters. The zero-order valence-corrected chi connectivity index (χ0v) is 12.1. The van der Waals surface area contributed by atoms with Gasteiger partial charge in [-0.3, -0.25) is 0 Å². The smallest absolute Gasteiger partial charge is 0.337 e. The third-order valence-electron chi connectivity index (χ3n) is 2.22. The van der Waals surface area contributed by atoms with Gasteiger partial charge in [-0.1, -0.05) is 12.1 Å². The molecule has 0 aliphatic carbocycles. The largest absolute Gasteiger partial charge is 0.465 e. The first-order valence-corrected chi connectivity index (χ1v) is 9.04. The maximum Gasteiger partial charge on any atom is 0.337 e. The normalized spacial score (nSPS) is 12.6. The fourth-order valence-corrected chi connectivity index (χ4v) is 2.33. The first-order chi connectivity index (χ1) is 8.37. The predicted molar refractivity (Wildman–Crippen MR) is 70.6 cm³/mol. The fraction of sp³-hybridized carbons (Fsp3) is 0.385. The molecule has 4 nitrogen and oxygen atoms in total. The molecule has 1 aromatic carbocycles. The van der Waals surface area contributed by atoms with Crippen LogP contribution >= 0.6 is 0 Å². The van der Waals surface area contributed by atoms with Gasteiger partial charge in [-0.25, -0.2) is 4.79 Å². The summed E-state index contributed by atoms with van der Waals surface area (Å²) in [7, 11) is -0.445. The van der Waals surface area contributed by atoms with Gasteiger partial charge in [0.25, 0.3) is 0 Å². The summed E-state index contributed by atoms with van der Waals surface area (Å²) in [6.45, 7) is 6.08. The van der Waals surface area contributed by atoms with Crippen LogP contribution in [0.1, 0.15) is 22.0 Å². The molecule has 1 aromatic rings. The predicted octanol–water partition coefficient (Wildman–Crippen LogP) is 2.89. The van der Waals surface area contributed by atoms with Gasteiger partial charge in [0.1, 0.15) is 0 Å². The van der Waals surface area contributed by atoms with Crippen LogP contribution in [0, 0.1) is 11.3 Å². The van der Waals surface area contributed by atoms with Gasteiger partial charge in [-0.15, -0.1) is 0 Å². The van der Waals surface area contributed by atoms with Gasteiger partial charge in [-0.2, -0.15) is 5.26 Å². The molecule has 0 aromatic heterocycles. The second kappa shape index (κ2) is 5.80. The van der Waals surface area contributed by atoms with Gasteiger partial charge in [0, 0.05) is 0 Å². The van der Waals surface area contributed by atoms with Gasteiger partial charge in [0.2, 0.25) is 0 Å². The average Bonchev–Trinajstić information content (AvgIpc) is 2.34. The van der Waals surface area contributed by atoms with E-state index >= 15 is 0 Å². The number of carbonyl (C=O) groups excluding carboxylic acids is 1. The molecule has 0 spiro atoms. The zero-order valence-electron chi connectivity index (χ0n) is 11.1. The van der Waals surface area contributed by atoms with E-state index in [-0.39, 0.29) is 5.97 Å². The lowest BCUT2D eigenvalue weighted by Gasteiger charge is -2.21. The molecule has 0 aliphatic rings. The van der Waals surface area contributed by atoms with E-state index < -0.39 is 14.4 Å². The van der Waals surface area contributed by atoms with E-state index in [0.29, 0.717) is 5.56 Å². The highest BCUT2D eigenvalue weighted by Crippen LogP contribution is 2.22. The summed E-state index contributed by atoms with van der Waals surface area (Å²) >= 11 is 0. The van der Waals surface area contributed by atoms with Gasteiger partial charge in [0.15, 0.2) is 14.4 Å². The van der Waals surface area contributed by atoms with Crippen LogP contribution in [0.2, 0.25) is 19.6 Å². The van der Waals surface area contributed by atoms with Crippen LogP contribution in [0.3, 0.4) is 0 Å². The minimum Gasteiger partial charge on any atom is -0.465 e. The van der Waals surface area contributed by atoms with E-state index in [1.54, 1.807) is 24.3 Å². The molecule has 96 valence electrons. The van der Waals surface area contributed by atoms with E-state index in [0.717, 1.165) is 5.56 Å². The number of carbonyl (C=O) groups is 1. The molecule has 0 heterocycles. The Bertz CT molecular complexity index is 457. The van der Waals surface area contributed by atoms with Crippen molar-refractivity contribution in [3.05, 3.63) is 35.4 Å². The third kappa shape index (κ3) is 3.98. The van der Waals surface area contributed by atoms with E-state index in [9.17, 15) is 4.79 Å². The van der Waals surface area contributed by atoms with E-state index in [2.05, 4.69) is 10.8 Å². The number of hydrogen-bond donors (Lipinski definition) is 0. The van der Waals surface area contributed by atoms with Crippen LogP contribution in [0.5, 0.6) is 0 Å². The molecule has 0 fully saturated rings. The number of nitriles is 1. The van der Waals surface area contributed by atoms with Crippen LogP contribution < -0.4 is 0 Å². The molecule has 0 radical (unpaired) electrons. The maximum absolute atomic E-state index is 11.3. The highest BCUT2D eigenvalue weighted by molar-refractivity contribution is 6.69. The third-order valence-corrected chi connectivity index (χ3v) is 3.17. The van der Waals surface area contributed by atoms with E-state index in [1.807, 2.05) is 19.6 Å². The average molecular weight is 263 g/mol. The second-order valence-corrected chi connectivity index (χ2v) is 9.31. The molecule has 0 saturated heterocycles. The first kappa shape index (κ1) is 14.4. The molecule has 5 heteroatoms. The number of methoxy groups -OCH3 is 1. The molecule has 0 N–H and O–H groups in total. The quantitative estimate of drug-likeness (QED) is 0.619. The molecule has 0 saturated carbocycles. The van der Waals surface area contributed by atoms with Crippen LogP contribution in [-0.2, 0) is 9.16 Å². The Balaban J connectivity index is 2.90. The van der Waals surface area contributed by atoms with Crippen LogP contribution in [0.25, 0.3) is 0 Å². The standard InChI is InChI=1S/C13H17NO3Si/c1-16-13(15)11-7-5-10(6-8-11)12(9-14)17-18(2,3)4/h5-8,12H,1-4H3/t12-/m1/s1. The van der Waals surface area contributed by atoms with Crippen molar-refractivity contribution in [2.45, 2.75) is 25.7 Å². The summed E-state index contributed by atoms with van der Waals surface area (Å²) in [6, 6.07) is 8.85. The van der Waals surface area contributed by atoms with Crippen molar-refractivity contribution in [2.24, 2.45) is 0 Å². The summed E-state index contributed by atoms with van der Waals surface area (Å²) in [6.07, 6.45) is -0.580. The Morgan fingerprint density at radius 1 is 1.28 bits per heavy atom. The lowest BCUT2D eigenvalue weighted by Crippen LogP contribution is -2.27. The van der Waals surface area contributed by atoms with Crippen molar-refractivity contribution in [1.29, 1.82) is 5.26 Å². The van der Waals surface area contributed by atoms with E-state index in [1.165, 1.54) is 7.11 Å². The van der Waals surface area contributed by atoms with Crippen molar-refractivity contribution < 1.29 is 14.0 Å². The minimum absolute atomic E-state index is 0.388. The maximum atomic E-state index is 11.3. The molecule has 0 amide bonds. The minimum atomic E-state index is -1.78. The molecule has 0 aliphatic heterocycles. The molecule has 1 rings (SSSR count). The summed E-state index contributed by atoms with van der Waals surface area (Å²) < 4.78 is 10.4. The molecule has 18 heavy (non-hydrogen) atoms. The number of hydrogen-bond acceptors (Lipinski definition) is 4. The lowest BCUT2D eigenvalue weighted by atomic mass is 10.1. The van der Waals surface area contributed by atoms with Crippen molar-refractivity contribution in [2.75, 3.05) is 7.11 Å². The second-order valence-electron chi connectivity index (χ2n) is 4.85. The monoisotopic (exact) mass is 263 g/mol. The Kier molecular flexibility index (Phi) is 4.65. The molecule has 0 bridgehead atoms. The molecular formula is C13H17NO3Si. The van der Waals surface area contributed by atoms with Crippen LogP contribution in [-0.4, -0.2) is 21.4 Å². The Labute approximate surface area is 108 Å². The number of benzene rings is 1. The highest BCUT2D eigenvalue weighted by Gasteiger charge is 2.22. The van der Waals surface area contributed by atoms with Crippen LogP contribution in [0.4, 0.5) is 0 Å². The van der Waals surface area contributed by atoms with Crippen molar-refractivity contribution in [1.82, 2.24) is 0 Å². The van der Waals surface area contributed by atoms with Gasteiger partial charge >= 0.3 is 5.97 Å². The number of esters is 1. The van der Waals surface area contributed by atoms with E-state index in [4.69, 9.17) is 9.69 Å². The number of nitrogens with zero attached hydrogens (tertiary/aromatic N) is 1. The number of ether oxygens (including phenoxy) is 1. The fourth-order valence-electron chi connectivity index (χ4n) is 1.43. The van der Waals surface area contributed by atoms with Crippen molar-refractivity contribution >= 4 is 14.3 Å². The topological polar surface area (TPSA) is 59.3 Å². The Hall–Kier alpha value is -1.64. The zero-order chi connectivity index (χ0) is 13.8. The molecule has 1 atom stereocenters. The Morgan fingerprint density at radius 2 is 1.83 bits per heavy atom. The Morgan fingerprint density at radius 3 is 2.22 bits per heavy atom.